The van der Waals surface area contributed by atoms with Gasteiger partial charge >= 0.3 is 5.97 Å². The minimum Gasteiger partial charge on any atom is -0.478 e. The molecule has 0 spiro atoms. The lowest BCUT2D eigenvalue weighted by atomic mass is 9.99. The summed E-state index contributed by atoms with van der Waals surface area (Å²) < 4.78 is 0. The van der Waals surface area contributed by atoms with E-state index in [0.717, 1.165) is 30.6 Å². The first-order valence-corrected chi connectivity index (χ1v) is 6.30. The van der Waals surface area contributed by atoms with E-state index in [1.165, 1.54) is 0 Å². The van der Waals surface area contributed by atoms with Gasteiger partial charge in [-0.15, -0.1) is 0 Å². The second-order valence-electron chi connectivity index (χ2n) is 4.96. The Balaban J connectivity index is 2.24. The summed E-state index contributed by atoms with van der Waals surface area (Å²) in [4.78, 5) is 26.3. The Morgan fingerprint density at radius 2 is 2.11 bits per heavy atom. The predicted octanol–water partition coefficient (Wildman–Crippen LogP) is 1.23. The number of likely N-dealkylation sites (N-methyl/N-ethyl adjacent to an activating group) is 1. The summed E-state index contributed by atoms with van der Waals surface area (Å²) >= 11 is 0. The fraction of sp³-hybridized carbons (Fsp3) is 0.429. The second kappa shape index (κ2) is 5.30. The largest absolute Gasteiger partial charge is 0.478 e. The predicted molar refractivity (Wildman–Crippen MR) is 72.6 cm³/mol. The van der Waals surface area contributed by atoms with Crippen LogP contribution in [0.5, 0.6) is 0 Å². The molecule has 0 saturated carbocycles. The molecular formula is C14H18N2O3. The maximum Gasteiger partial charge on any atom is 0.335 e. The van der Waals surface area contributed by atoms with Crippen molar-refractivity contribution in [2.75, 3.05) is 32.1 Å². The Hall–Kier alpha value is -2.04. The highest BCUT2D eigenvalue weighted by molar-refractivity contribution is 5.89. The molecule has 0 aliphatic carbocycles. The van der Waals surface area contributed by atoms with Gasteiger partial charge in [-0.3, -0.25) is 4.79 Å². The van der Waals surface area contributed by atoms with Crippen molar-refractivity contribution in [3.8, 4) is 0 Å². The Kier molecular flexibility index (Phi) is 3.74. The summed E-state index contributed by atoms with van der Waals surface area (Å²) in [6, 6.07) is 5.12. The van der Waals surface area contributed by atoms with E-state index in [1.54, 1.807) is 37.2 Å². The molecular weight excluding hydrogens is 244 g/mol. The van der Waals surface area contributed by atoms with Gasteiger partial charge in [-0.2, -0.15) is 0 Å². The molecule has 2 rings (SSSR count). The number of rotatable bonds is 3. The van der Waals surface area contributed by atoms with Gasteiger partial charge in [-0.1, -0.05) is 0 Å². The first-order chi connectivity index (χ1) is 8.99. The number of carbonyl (C=O) groups excluding carboxylic acids is 1. The molecule has 1 aliphatic rings. The lowest BCUT2D eigenvalue weighted by molar-refractivity contribution is -0.127. The molecule has 19 heavy (non-hydrogen) atoms. The number of carboxylic acids is 1. The first-order valence-electron chi connectivity index (χ1n) is 6.30. The number of benzene rings is 1. The molecule has 1 heterocycles. The van der Waals surface area contributed by atoms with E-state index < -0.39 is 5.97 Å². The van der Waals surface area contributed by atoms with Gasteiger partial charge < -0.3 is 14.9 Å². The van der Waals surface area contributed by atoms with Crippen molar-refractivity contribution < 1.29 is 14.7 Å². The molecule has 1 N–H and O–H groups in total. The average molecular weight is 262 g/mol. The molecule has 0 radical (unpaired) electrons. The quantitative estimate of drug-likeness (QED) is 0.890. The number of nitrogens with zero attached hydrogens (tertiary/aromatic N) is 2. The summed E-state index contributed by atoms with van der Waals surface area (Å²) in [7, 11) is 3.47. The van der Waals surface area contributed by atoms with E-state index in [1.807, 2.05) is 4.90 Å². The third kappa shape index (κ3) is 2.86. The van der Waals surface area contributed by atoms with Gasteiger partial charge in [0.15, 0.2) is 0 Å². The molecule has 5 nitrogen and oxygen atoms in total. The van der Waals surface area contributed by atoms with Crippen LogP contribution in [0.1, 0.15) is 22.3 Å². The number of aromatic carboxylic acids is 1. The second-order valence-corrected chi connectivity index (χ2v) is 4.96. The van der Waals surface area contributed by atoms with Crippen LogP contribution in [0.15, 0.2) is 18.2 Å². The van der Waals surface area contributed by atoms with Crippen LogP contribution in [-0.2, 0) is 11.2 Å². The van der Waals surface area contributed by atoms with Gasteiger partial charge in [0.2, 0.25) is 5.91 Å². The fourth-order valence-corrected chi connectivity index (χ4v) is 2.28. The molecule has 1 aromatic carbocycles. The number of fused-ring (bicyclic) bond motifs is 1. The molecule has 1 amide bonds. The smallest absolute Gasteiger partial charge is 0.335 e. The molecule has 0 atom stereocenters. The zero-order valence-electron chi connectivity index (χ0n) is 11.2. The Morgan fingerprint density at radius 1 is 1.37 bits per heavy atom. The highest BCUT2D eigenvalue weighted by atomic mass is 16.4. The fourth-order valence-electron chi connectivity index (χ4n) is 2.28. The summed E-state index contributed by atoms with van der Waals surface area (Å²) in [6.45, 7) is 1.17. The minimum absolute atomic E-state index is 0.0511. The topological polar surface area (TPSA) is 60.9 Å². The van der Waals surface area contributed by atoms with Crippen LogP contribution < -0.4 is 4.90 Å². The van der Waals surface area contributed by atoms with Crippen LogP contribution in [0.2, 0.25) is 0 Å². The van der Waals surface area contributed by atoms with Crippen molar-refractivity contribution >= 4 is 17.6 Å². The number of carboxylic acid groups (broad SMARTS) is 1. The molecule has 0 saturated heterocycles. The zero-order valence-corrected chi connectivity index (χ0v) is 11.2. The number of hydrogen-bond donors (Lipinski definition) is 1. The molecule has 1 aliphatic heterocycles. The molecule has 1 aromatic rings. The van der Waals surface area contributed by atoms with Crippen LogP contribution in [0.4, 0.5) is 5.69 Å². The number of amides is 1. The van der Waals surface area contributed by atoms with Crippen LogP contribution in [-0.4, -0.2) is 49.1 Å². The third-order valence-corrected chi connectivity index (χ3v) is 3.37. The van der Waals surface area contributed by atoms with Crippen molar-refractivity contribution in [2.45, 2.75) is 12.8 Å². The van der Waals surface area contributed by atoms with Gasteiger partial charge in [0.05, 0.1) is 12.1 Å². The summed E-state index contributed by atoms with van der Waals surface area (Å²) in [5, 5.41) is 9.00. The SMILES string of the molecule is CN(C)C(=O)CN1CCCc2cc(C(=O)O)ccc21. The van der Waals surface area contributed by atoms with Crippen molar-refractivity contribution in [3.63, 3.8) is 0 Å². The molecule has 0 fully saturated rings. The van der Waals surface area contributed by atoms with Gasteiger partial charge in [0.25, 0.3) is 0 Å². The van der Waals surface area contributed by atoms with Crippen molar-refractivity contribution in [1.82, 2.24) is 4.90 Å². The average Bonchev–Trinajstić information content (AvgIpc) is 2.38. The van der Waals surface area contributed by atoms with Gasteiger partial charge in [-0.25, -0.2) is 4.79 Å². The van der Waals surface area contributed by atoms with Crippen molar-refractivity contribution in [3.05, 3.63) is 29.3 Å². The Morgan fingerprint density at radius 3 is 2.74 bits per heavy atom. The molecule has 0 unspecified atom stereocenters. The van der Waals surface area contributed by atoms with Gasteiger partial charge in [0, 0.05) is 26.3 Å². The maximum atomic E-state index is 11.8. The van der Waals surface area contributed by atoms with Crippen LogP contribution >= 0.6 is 0 Å². The third-order valence-electron chi connectivity index (χ3n) is 3.37. The number of hydrogen-bond acceptors (Lipinski definition) is 3. The van der Waals surface area contributed by atoms with E-state index in [0.29, 0.717) is 12.1 Å². The summed E-state index contributed by atoms with van der Waals surface area (Å²) in [5.41, 5.74) is 2.30. The molecule has 102 valence electrons. The molecule has 5 heteroatoms. The van der Waals surface area contributed by atoms with Gasteiger partial charge in [0.1, 0.15) is 0 Å². The van der Waals surface area contributed by atoms with E-state index in [2.05, 4.69) is 0 Å². The van der Waals surface area contributed by atoms with Crippen LogP contribution in [0.25, 0.3) is 0 Å². The normalized spacial score (nSPS) is 13.9. The Labute approximate surface area is 112 Å². The van der Waals surface area contributed by atoms with Crippen molar-refractivity contribution in [2.24, 2.45) is 0 Å². The monoisotopic (exact) mass is 262 g/mol. The summed E-state index contributed by atoms with van der Waals surface area (Å²) in [5.74, 6) is -0.862. The minimum atomic E-state index is -0.913. The number of aryl methyl sites for hydroxylation is 1. The highest BCUT2D eigenvalue weighted by Gasteiger charge is 2.20. The van der Waals surface area contributed by atoms with Crippen molar-refractivity contribution in [1.29, 1.82) is 0 Å². The highest BCUT2D eigenvalue weighted by Crippen LogP contribution is 2.27. The maximum absolute atomic E-state index is 11.8. The summed E-state index contributed by atoms with van der Waals surface area (Å²) in [6.07, 6.45) is 1.81. The standard InChI is InChI=1S/C14H18N2O3/c1-15(2)13(17)9-16-7-3-4-10-8-11(14(18)19)5-6-12(10)16/h5-6,8H,3-4,7,9H2,1-2H3,(H,18,19). The van der Waals surface area contributed by atoms with Crippen LogP contribution in [0, 0.1) is 0 Å². The van der Waals surface area contributed by atoms with E-state index in [-0.39, 0.29) is 5.91 Å². The number of carbonyl (C=O) groups is 2. The van der Waals surface area contributed by atoms with Gasteiger partial charge in [-0.05, 0) is 36.6 Å². The molecule has 0 bridgehead atoms. The zero-order chi connectivity index (χ0) is 14.0. The lowest BCUT2D eigenvalue weighted by Gasteiger charge is -2.31. The van der Waals surface area contributed by atoms with E-state index in [4.69, 9.17) is 5.11 Å². The van der Waals surface area contributed by atoms with E-state index >= 15 is 0 Å². The first kappa shape index (κ1) is 13.4. The van der Waals surface area contributed by atoms with E-state index in [9.17, 15) is 9.59 Å². The van der Waals surface area contributed by atoms with Crippen LogP contribution in [0.3, 0.4) is 0 Å². The Bertz CT molecular complexity index is 511. The number of anilines is 1. The lowest BCUT2D eigenvalue weighted by Crippen LogP contribution is -2.39. The molecule has 0 aromatic heterocycles.